The molecule has 0 saturated carbocycles. The first-order chi connectivity index (χ1) is 20.5. The monoisotopic (exact) mass is 622 g/mol. The van der Waals surface area contributed by atoms with Crippen molar-refractivity contribution >= 4 is 28.6 Å². The number of aromatic nitrogens is 3. The molecule has 0 bridgehead atoms. The Bertz CT molecular complexity index is 1700. The standard InChI is InChI=1S/C29H24ClF5N4O4/c30-17-9-21(31)19(22(32)10-17)14-43-27-20(29(33,34)35)7-15-3-5-38(12-24(15)37-27)13-26-36-23-2-1-16(28(40)41)8-25(23)39(26)11-18-4-6-42-18/h1-2,7-10,18H,3-6,11-14H2,(H,40,41)/t18-/m0/s1. The van der Waals surface area contributed by atoms with Gasteiger partial charge in [-0.2, -0.15) is 13.2 Å². The molecule has 43 heavy (non-hydrogen) atoms. The van der Waals surface area contributed by atoms with Crippen molar-refractivity contribution in [3.63, 3.8) is 0 Å². The lowest BCUT2D eigenvalue weighted by atomic mass is 10.0. The molecule has 4 aromatic rings. The number of imidazole rings is 1. The summed E-state index contributed by atoms with van der Waals surface area (Å²) >= 11 is 5.64. The summed E-state index contributed by atoms with van der Waals surface area (Å²) in [5.74, 6) is -3.29. The van der Waals surface area contributed by atoms with Crippen molar-refractivity contribution in [2.75, 3.05) is 13.2 Å². The number of carboxylic acid groups (broad SMARTS) is 1. The Kier molecular flexibility index (Phi) is 7.73. The van der Waals surface area contributed by atoms with Crippen molar-refractivity contribution in [2.24, 2.45) is 0 Å². The van der Waals surface area contributed by atoms with E-state index in [1.807, 2.05) is 9.47 Å². The minimum Gasteiger partial charge on any atom is -0.478 e. The van der Waals surface area contributed by atoms with Gasteiger partial charge in [0, 0.05) is 24.7 Å². The van der Waals surface area contributed by atoms with Gasteiger partial charge in [-0.25, -0.2) is 23.5 Å². The topological polar surface area (TPSA) is 89.7 Å². The molecule has 1 saturated heterocycles. The van der Waals surface area contributed by atoms with Crippen LogP contribution in [0.4, 0.5) is 22.0 Å². The summed E-state index contributed by atoms with van der Waals surface area (Å²) in [6, 6.07) is 7.35. The van der Waals surface area contributed by atoms with E-state index in [2.05, 4.69) is 4.98 Å². The molecule has 0 aliphatic carbocycles. The molecule has 14 heteroatoms. The van der Waals surface area contributed by atoms with Gasteiger partial charge in [0.05, 0.1) is 47.0 Å². The van der Waals surface area contributed by atoms with Crippen LogP contribution in [0.3, 0.4) is 0 Å². The average molecular weight is 623 g/mol. The molecule has 6 rings (SSSR count). The van der Waals surface area contributed by atoms with Gasteiger partial charge >= 0.3 is 12.1 Å². The Balaban J connectivity index is 1.28. The Morgan fingerprint density at radius 2 is 1.88 bits per heavy atom. The van der Waals surface area contributed by atoms with Gasteiger partial charge < -0.3 is 19.1 Å². The minimum absolute atomic E-state index is 0.0378. The highest BCUT2D eigenvalue weighted by Gasteiger charge is 2.37. The normalized spacial score (nSPS) is 17.1. The van der Waals surface area contributed by atoms with Crippen LogP contribution in [0.25, 0.3) is 11.0 Å². The third-order valence-electron chi connectivity index (χ3n) is 7.61. The number of halogens is 6. The molecule has 0 radical (unpaired) electrons. The quantitative estimate of drug-likeness (QED) is 0.241. The molecule has 2 aliphatic rings. The number of benzene rings is 2. The van der Waals surface area contributed by atoms with Crippen molar-refractivity contribution in [1.82, 2.24) is 19.4 Å². The Morgan fingerprint density at radius 1 is 1.14 bits per heavy atom. The number of alkyl halides is 3. The second-order valence-electron chi connectivity index (χ2n) is 10.5. The third-order valence-corrected chi connectivity index (χ3v) is 7.83. The molecule has 0 unspecified atom stereocenters. The lowest BCUT2D eigenvalue weighted by Crippen LogP contribution is -2.34. The number of aromatic carboxylic acids is 1. The fourth-order valence-electron chi connectivity index (χ4n) is 5.26. The molecule has 1 N–H and O–H groups in total. The van der Waals surface area contributed by atoms with Gasteiger partial charge in [-0.15, -0.1) is 0 Å². The summed E-state index contributed by atoms with van der Waals surface area (Å²) in [6.45, 7) is 1.18. The van der Waals surface area contributed by atoms with Crippen LogP contribution in [0.1, 0.15) is 45.0 Å². The van der Waals surface area contributed by atoms with Crippen LogP contribution in [-0.2, 0) is 43.6 Å². The van der Waals surface area contributed by atoms with E-state index in [9.17, 15) is 31.9 Å². The second-order valence-corrected chi connectivity index (χ2v) is 10.9. The van der Waals surface area contributed by atoms with E-state index in [4.69, 9.17) is 26.1 Å². The highest BCUT2D eigenvalue weighted by molar-refractivity contribution is 6.30. The molecule has 2 aliphatic heterocycles. The summed E-state index contributed by atoms with van der Waals surface area (Å²) < 4.78 is 83.1. The smallest absolute Gasteiger partial charge is 0.421 e. The maximum atomic E-state index is 14.3. The number of carbonyl (C=O) groups is 1. The van der Waals surface area contributed by atoms with Crippen LogP contribution in [-0.4, -0.2) is 49.8 Å². The highest BCUT2D eigenvalue weighted by Crippen LogP contribution is 2.38. The summed E-state index contributed by atoms with van der Waals surface area (Å²) in [5.41, 5.74) is 0.407. The lowest BCUT2D eigenvalue weighted by molar-refractivity contribution is -0.139. The molecule has 2 aromatic carbocycles. The number of hydrogen-bond donors (Lipinski definition) is 1. The SMILES string of the molecule is O=C(O)c1ccc2nc(CN3CCc4cc(C(F)(F)F)c(OCc5c(F)cc(Cl)cc5F)nc4C3)n(C[C@@H]3CCO3)c2c1. The van der Waals surface area contributed by atoms with E-state index < -0.39 is 47.4 Å². The second kappa shape index (κ2) is 11.4. The van der Waals surface area contributed by atoms with Gasteiger partial charge in [0.25, 0.3) is 0 Å². The molecule has 226 valence electrons. The van der Waals surface area contributed by atoms with Crippen molar-refractivity contribution < 1.29 is 41.3 Å². The van der Waals surface area contributed by atoms with Crippen LogP contribution >= 0.6 is 11.6 Å². The molecular weight excluding hydrogens is 599 g/mol. The molecular formula is C29H24ClF5N4O4. The summed E-state index contributed by atoms with van der Waals surface area (Å²) in [6.07, 6.45) is -3.73. The van der Waals surface area contributed by atoms with E-state index >= 15 is 0 Å². The van der Waals surface area contributed by atoms with E-state index in [1.165, 1.54) is 6.07 Å². The first-order valence-corrected chi connectivity index (χ1v) is 13.8. The van der Waals surface area contributed by atoms with Crippen LogP contribution in [0, 0.1) is 11.6 Å². The maximum Gasteiger partial charge on any atom is 0.421 e. The molecule has 0 amide bonds. The predicted octanol–water partition coefficient (Wildman–Crippen LogP) is 6.01. The molecule has 1 atom stereocenters. The van der Waals surface area contributed by atoms with E-state index in [0.29, 0.717) is 54.4 Å². The average Bonchev–Trinajstić information content (AvgIpc) is 3.24. The van der Waals surface area contributed by atoms with Crippen LogP contribution in [0.15, 0.2) is 36.4 Å². The Morgan fingerprint density at radius 3 is 2.53 bits per heavy atom. The Hall–Kier alpha value is -3.81. The number of nitrogens with zero attached hydrogens (tertiary/aromatic N) is 4. The first kappa shape index (κ1) is 29.3. The van der Waals surface area contributed by atoms with Gasteiger partial charge in [-0.3, -0.25) is 4.90 Å². The zero-order valence-electron chi connectivity index (χ0n) is 22.4. The third kappa shape index (κ3) is 6.01. The van der Waals surface area contributed by atoms with E-state index in [1.54, 1.807) is 12.1 Å². The Labute approximate surface area is 246 Å². The number of carboxylic acids is 1. The van der Waals surface area contributed by atoms with Gasteiger partial charge in [-0.1, -0.05) is 11.6 Å². The number of hydrogen-bond acceptors (Lipinski definition) is 6. The predicted molar refractivity (Wildman–Crippen MR) is 144 cm³/mol. The zero-order chi connectivity index (χ0) is 30.5. The number of ether oxygens (including phenoxy) is 2. The molecule has 8 nitrogen and oxygen atoms in total. The molecule has 4 heterocycles. The molecule has 1 fully saturated rings. The first-order valence-electron chi connectivity index (χ1n) is 13.4. The zero-order valence-corrected chi connectivity index (χ0v) is 23.2. The van der Waals surface area contributed by atoms with Crippen LogP contribution in [0.5, 0.6) is 5.88 Å². The summed E-state index contributed by atoms with van der Waals surface area (Å²) in [4.78, 5) is 22.4. The largest absolute Gasteiger partial charge is 0.478 e. The van der Waals surface area contributed by atoms with Crippen molar-refractivity contribution in [3.8, 4) is 5.88 Å². The fourth-order valence-corrected chi connectivity index (χ4v) is 5.45. The van der Waals surface area contributed by atoms with Gasteiger partial charge in [0.15, 0.2) is 0 Å². The van der Waals surface area contributed by atoms with Crippen molar-refractivity contribution in [3.05, 3.63) is 86.8 Å². The number of fused-ring (bicyclic) bond motifs is 2. The fraction of sp³-hybridized carbons (Fsp3) is 0.345. The van der Waals surface area contributed by atoms with Crippen LogP contribution in [0.2, 0.25) is 5.02 Å². The lowest BCUT2D eigenvalue weighted by Gasteiger charge is -2.30. The maximum absolute atomic E-state index is 14.3. The van der Waals surface area contributed by atoms with Gasteiger partial charge in [0.1, 0.15) is 29.6 Å². The molecule has 0 spiro atoms. The van der Waals surface area contributed by atoms with Crippen LogP contribution < -0.4 is 4.74 Å². The van der Waals surface area contributed by atoms with E-state index in [-0.39, 0.29) is 29.7 Å². The van der Waals surface area contributed by atoms with Crippen molar-refractivity contribution in [2.45, 2.75) is 51.4 Å². The van der Waals surface area contributed by atoms with E-state index in [0.717, 1.165) is 24.6 Å². The van der Waals surface area contributed by atoms with Crippen molar-refractivity contribution in [1.29, 1.82) is 0 Å². The minimum atomic E-state index is -4.81. The summed E-state index contributed by atoms with van der Waals surface area (Å²) in [7, 11) is 0. The molecule has 2 aromatic heterocycles. The van der Waals surface area contributed by atoms with Gasteiger partial charge in [0.2, 0.25) is 5.88 Å². The number of rotatable bonds is 8. The highest BCUT2D eigenvalue weighted by atomic mass is 35.5. The van der Waals surface area contributed by atoms with Gasteiger partial charge in [-0.05, 0) is 54.8 Å². The number of pyridine rings is 1. The summed E-state index contributed by atoms with van der Waals surface area (Å²) in [5, 5.41) is 9.28.